The van der Waals surface area contributed by atoms with Gasteiger partial charge in [-0.2, -0.15) is 0 Å². The van der Waals surface area contributed by atoms with Crippen molar-refractivity contribution in [2.24, 2.45) is 5.73 Å². The van der Waals surface area contributed by atoms with Gasteiger partial charge in [-0.15, -0.1) is 0 Å². The number of hydrogen-bond donors (Lipinski definition) is 2. The smallest absolute Gasteiger partial charge is 0.411 e. The second-order valence-corrected chi connectivity index (χ2v) is 7.26. The van der Waals surface area contributed by atoms with Gasteiger partial charge in [0.15, 0.2) is 0 Å². The van der Waals surface area contributed by atoms with Crippen LogP contribution in [0.25, 0.3) is 22.8 Å². The van der Waals surface area contributed by atoms with Crippen molar-refractivity contribution < 1.29 is 14.3 Å². The van der Waals surface area contributed by atoms with Crippen molar-refractivity contribution in [1.29, 1.82) is 0 Å². The Bertz CT molecular complexity index is 1060. The van der Waals surface area contributed by atoms with Gasteiger partial charge in [0.05, 0.1) is 18.5 Å². The molecular formula is C20H22N6O3. The molecule has 0 bridgehead atoms. The average Bonchev–Trinajstić information content (AvgIpc) is 2.66. The maximum Gasteiger partial charge on any atom is 0.411 e. The number of methoxy groups -OCH3 is 1. The van der Waals surface area contributed by atoms with E-state index in [0.29, 0.717) is 28.5 Å². The van der Waals surface area contributed by atoms with Gasteiger partial charge in [-0.25, -0.2) is 24.7 Å². The molecule has 0 radical (unpaired) electrons. The highest BCUT2D eigenvalue weighted by molar-refractivity contribution is 5.72. The van der Waals surface area contributed by atoms with Gasteiger partial charge in [0.2, 0.25) is 11.8 Å². The maximum atomic E-state index is 11.2. The lowest BCUT2D eigenvalue weighted by molar-refractivity contribution is 0.209. The number of nitrogens with zero attached hydrogens (tertiary/aromatic N) is 4. The first kappa shape index (κ1) is 20.0. The summed E-state index contributed by atoms with van der Waals surface area (Å²) in [5, 5.41) is 0. The zero-order chi connectivity index (χ0) is 21.2. The molecule has 3 aromatic rings. The summed E-state index contributed by atoms with van der Waals surface area (Å²) < 4.78 is 10.5. The molecule has 3 aromatic heterocycles. The number of hydrogen-bond acceptors (Lipinski definition) is 8. The third-order valence-corrected chi connectivity index (χ3v) is 4.12. The molecule has 0 aliphatic rings. The molecule has 0 aromatic carbocycles. The molecule has 0 fully saturated rings. The van der Waals surface area contributed by atoms with E-state index in [2.05, 4.69) is 15.0 Å². The van der Waals surface area contributed by atoms with E-state index in [-0.39, 0.29) is 17.2 Å². The highest BCUT2D eigenvalue weighted by Crippen LogP contribution is 2.37. The largest absolute Gasteiger partial charge is 0.494 e. The Balaban J connectivity index is 2.24. The molecule has 9 heteroatoms. The number of nitrogens with two attached hydrogens (primary N) is 2. The minimum Gasteiger partial charge on any atom is -0.494 e. The van der Waals surface area contributed by atoms with Crippen LogP contribution in [0.2, 0.25) is 0 Å². The van der Waals surface area contributed by atoms with E-state index in [1.807, 2.05) is 26.8 Å². The third kappa shape index (κ3) is 4.40. The number of ether oxygens (including phenoxy) is 2. The van der Waals surface area contributed by atoms with Crippen LogP contribution in [0.5, 0.6) is 11.6 Å². The second kappa shape index (κ2) is 7.70. The highest BCUT2D eigenvalue weighted by Gasteiger charge is 2.24. The number of rotatable bonds is 4. The topological polar surface area (TPSA) is 139 Å². The van der Waals surface area contributed by atoms with Gasteiger partial charge in [-0.1, -0.05) is 26.8 Å². The Morgan fingerprint density at radius 2 is 1.69 bits per heavy atom. The minimum atomic E-state index is -0.947. The number of carbonyl (C=O) groups excluding carboxylic acids is 1. The molecule has 3 heterocycles. The van der Waals surface area contributed by atoms with Crippen molar-refractivity contribution in [3.63, 3.8) is 0 Å². The average molecular weight is 394 g/mol. The van der Waals surface area contributed by atoms with Crippen molar-refractivity contribution in [3.05, 3.63) is 42.1 Å². The summed E-state index contributed by atoms with van der Waals surface area (Å²) in [5.41, 5.74) is 13.6. The van der Waals surface area contributed by atoms with E-state index in [4.69, 9.17) is 25.9 Å². The first-order valence-corrected chi connectivity index (χ1v) is 8.82. The molecule has 0 atom stereocenters. The molecule has 0 saturated carbocycles. The molecule has 150 valence electrons. The number of nitrogen functional groups attached to an aromatic ring is 1. The predicted molar refractivity (Wildman–Crippen MR) is 108 cm³/mol. The van der Waals surface area contributed by atoms with Gasteiger partial charge in [0.25, 0.3) is 0 Å². The SMILES string of the molecule is COc1ccc(-c2ccnc(N)n2)nc1-c1nc(OC(N)=O)ccc1C(C)(C)C. The van der Waals surface area contributed by atoms with E-state index in [1.165, 1.54) is 0 Å². The van der Waals surface area contributed by atoms with Gasteiger partial charge in [-0.05, 0) is 29.2 Å². The van der Waals surface area contributed by atoms with Crippen LogP contribution in [0.15, 0.2) is 36.5 Å². The van der Waals surface area contributed by atoms with E-state index < -0.39 is 6.09 Å². The molecule has 0 unspecified atom stereocenters. The summed E-state index contributed by atoms with van der Waals surface area (Å²) in [6.07, 6.45) is 0.612. The zero-order valence-corrected chi connectivity index (χ0v) is 16.6. The van der Waals surface area contributed by atoms with E-state index in [1.54, 1.807) is 37.6 Å². The van der Waals surface area contributed by atoms with Crippen LogP contribution in [0.4, 0.5) is 10.7 Å². The van der Waals surface area contributed by atoms with Gasteiger partial charge < -0.3 is 20.9 Å². The first-order valence-electron chi connectivity index (χ1n) is 8.82. The Hall–Kier alpha value is -3.75. The van der Waals surface area contributed by atoms with Gasteiger partial charge in [0, 0.05) is 12.3 Å². The fourth-order valence-electron chi connectivity index (χ4n) is 2.83. The Labute approximate surface area is 168 Å². The molecule has 9 nitrogen and oxygen atoms in total. The van der Waals surface area contributed by atoms with E-state index >= 15 is 0 Å². The van der Waals surface area contributed by atoms with Crippen LogP contribution in [-0.4, -0.2) is 33.1 Å². The van der Waals surface area contributed by atoms with Crippen LogP contribution in [0.1, 0.15) is 26.3 Å². The van der Waals surface area contributed by atoms with Crippen LogP contribution in [0.3, 0.4) is 0 Å². The Kier molecular flexibility index (Phi) is 5.31. The molecule has 0 spiro atoms. The highest BCUT2D eigenvalue weighted by atomic mass is 16.6. The number of primary amides is 1. The molecule has 0 aliphatic carbocycles. The summed E-state index contributed by atoms with van der Waals surface area (Å²) in [7, 11) is 1.55. The molecule has 1 amide bonds. The van der Waals surface area contributed by atoms with Crippen LogP contribution >= 0.6 is 0 Å². The van der Waals surface area contributed by atoms with Crippen molar-refractivity contribution in [3.8, 4) is 34.4 Å². The quantitative estimate of drug-likeness (QED) is 0.688. The number of anilines is 1. The van der Waals surface area contributed by atoms with Crippen molar-refractivity contribution in [1.82, 2.24) is 19.9 Å². The van der Waals surface area contributed by atoms with Crippen LogP contribution in [-0.2, 0) is 5.41 Å². The predicted octanol–water partition coefficient (Wildman–Crippen LogP) is 2.95. The fourth-order valence-corrected chi connectivity index (χ4v) is 2.83. The number of aromatic nitrogens is 4. The first-order chi connectivity index (χ1) is 13.7. The number of carbonyl (C=O) groups is 1. The molecule has 0 saturated heterocycles. The molecular weight excluding hydrogens is 372 g/mol. The summed E-state index contributed by atoms with van der Waals surface area (Å²) in [6, 6.07) is 8.67. The van der Waals surface area contributed by atoms with Gasteiger partial charge >= 0.3 is 6.09 Å². The van der Waals surface area contributed by atoms with Crippen LogP contribution in [0, 0.1) is 0 Å². The second-order valence-electron chi connectivity index (χ2n) is 7.26. The number of pyridine rings is 2. The van der Waals surface area contributed by atoms with Crippen molar-refractivity contribution in [2.75, 3.05) is 12.8 Å². The van der Waals surface area contributed by atoms with Crippen LogP contribution < -0.4 is 20.9 Å². The summed E-state index contributed by atoms with van der Waals surface area (Å²) in [6.45, 7) is 6.14. The zero-order valence-electron chi connectivity index (χ0n) is 16.6. The number of amides is 1. The fraction of sp³-hybridized carbons (Fsp3) is 0.250. The van der Waals surface area contributed by atoms with Crippen molar-refractivity contribution in [2.45, 2.75) is 26.2 Å². The molecule has 3 rings (SSSR count). The Morgan fingerprint density at radius 3 is 2.31 bits per heavy atom. The molecule has 29 heavy (non-hydrogen) atoms. The van der Waals surface area contributed by atoms with Crippen molar-refractivity contribution >= 4 is 12.0 Å². The standard InChI is InChI=1S/C20H22N6O3/c1-20(2,3)11-5-8-15(29-19(22)27)26-16(11)17-14(28-4)7-6-12(24-17)13-9-10-23-18(21)25-13/h5-10H,1-4H3,(H2,22,27)(H2,21,23,25). The summed E-state index contributed by atoms with van der Waals surface area (Å²) in [5.74, 6) is 0.720. The molecule has 4 N–H and O–H groups in total. The normalized spacial score (nSPS) is 11.2. The Morgan fingerprint density at radius 1 is 0.966 bits per heavy atom. The minimum absolute atomic E-state index is 0.0704. The van der Waals surface area contributed by atoms with E-state index in [0.717, 1.165) is 5.56 Å². The van der Waals surface area contributed by atoms with Gasteiger partial charge in [-0.3, -0.25) is 0 Å². The van der Waals surface area contributed by atoms with Gasteiger partial charge in [0.1, 0.15) is 17.1 Å². The maximum absolute atomic E-state index is 11.2. The lowest BCUT2D eigenvalue weighted by Gasteiger charge is -2.23. The summed E-state index contributed by atoms with van der Waals surface area (Å²) in [4.78, 5) is 28.5. The van der Waals surface area contributed by atoms with E-state index in [9.17, 15) is 4.79 Å². The monoisotopic (exact) mass is 394 g/mol. The lowest BCUT2D eigenvalue weighted by Crippen LogP contribution is -2.19. The molecule has 0 aliphatic heterocycles. The summed E-state index contributed by atoms with van der Waals surface area (Å²) >= 11 is 0. The third-order valence-electron chi connectivity index (χ3n) is 4.12. The lowest BCUT2D eigenvalue weighted by atomic mass is 9.85.